The lowest BCUT2D eigenvalue weighted by Gasteiger charge is -2.24. The van der Waals surface area contributed by atoms with Crippen molar-refractivity contribution < 1.29 is 19.4 Å². The Morgan fingerprint density at radius 3 is 2.24 bits per heavy atom. The molecule has 0 radical (unpaired) electrons. The smallest absolute Gasteiger partial charge is 0.410 e. The number of ether oxygens (including phenoxy) is 1. The van der Waals surface area contributed by atoms with Crippen LogP contribution in [0.5, 0.6) is 0 Å². The normalized spacial score (nSPS) is 19.4. The van der Waals surface area contributed by atoms with Crippen LogP contribution in [0.15, 0.2) is 0 Å². The third kappa shape index (κ3) is 5.50. The van der Waals surface area contributed by atoms with Gasteiger partial charge in [0.15, 0.2) is 0 Å². The van der Waals surface area contributed by atoms with Gasteiger partial charge < -0.3 is 14.7 Å². The Labute approximate surface area is 101 Å². The van der Waals surface area contributed by atoms with E-state index < -0.39 is 23.6 Å². The first-order chi connectivity index (χ1) is 7.79. The molecule has 1 amide bonds. The fraction of sp³-hybridized carbons (Fsp3) is 0.800. The van der Waals surface area contributed by atoms with Gasteiger partial charge in [-0.15, -0.1) is 0 Å². The van der Waals surface area contributed by atoms with Gasteiger partial charge in [0, 0.05) is 13.1 Å². The van der Waals surface area contributed by atoms with Crippen molar-refractivity contribution in [3.05, 3.63) is 0 Å². The zero-order valence-electron chi connectivity index (χ0n) is 10.5. The summed E-state index contributed by atoms with van der Waals surface area (Å²) < 4.78 is 5.14. The van der Waals surface area contributed by atoms with Gasteiger partial charge in [0.1, 0.15) is 5.60 Å². The standard InChI is InChI=1S/C10H17NO4.H4N2/c1-10(2,3)15-9(14)11-5-4-7(6-11)8(12)13;1-2/h7H,4-6H2,1-3H3,(H,12,13);1-2H2/t7-;/m1./s1. The van der Waals surface area contributed by atoms with Gasteiger partial charge in [-0.3, -0.25) is 16.5 Å². The summed E-state index contributed by atoms with van der Waals surface area (Å²) in [5.41, 5.74) is -0.529. The second-order valence-electron chi connectivity index (χ2n) is 4.75. The number of carboxylic acids is 1. The van der Waals surface area contributed by atoms with Gasteiger partial charge >= 0.3 is 12.1 Å². The molecule has 0 aliphatic carbocycles. The lowest BCUT2D eigenvalue weighted by molar-refractivity contribution is -0.141. The van der Waals surface area contributed by atoms with Crippen LogP contribution in [0.25, 0.3) is 0 Å². The fourth-order valence-electron chi connectivity index (χ4n) is 1.45. The highest BCUT2D eigenvalue weighted by Gasteiger charge is 2.33. The molecule has 100 valence electrons. The SMILES string of the molecule is CC(C)(C)OC(=O)N1CC[C@@H](C(=O)O)C1.NN. The average molecular weight is 247 g/mol. The fourth-order valence-corrected chi connectivity index (χ4v) is 1.45. The number of nitrogens with zero attached hydrogens (tertiary/aromatic N) is 1. The summed E-state index contributed by atoms with van der Waals surface area (Å²) in [4.78, 5) is 23.7. The van der Waals surface area contributed by atoms with Crippen molar-refractivity contribution in [3.63, 3.8) is 0 Å². The molecule has 0 aromatic heterocycles. The molecule has 0 aromatic carbocycles. The maximum absolute atomic E-state index is 11.5. The molecular formula is C10H21N3O4. The van der Waals surface area contributed by atoms with Crippen molar-refractivity contribution in [1.82, 2.24) is 4.90 Å². The van der Waals surface area contributed by atoms with Crippen LogP contribution in [0.4, 0.5) is 4.79 Å². The highest BCUT2D eigenvalue weighted by atomic mass is 16.6. The molecule has 5 N–H and O–H groups in total. The van der Waals surface area contributed by atoms with Crippen LogP contribution in [0.3, 0.4) is 0 Å². The number of hydrazine groups is 1. The lowest BCUT2D eigenvalue weighted by atomic mass is 10.1. The second-order valence-corrected chi connectivity index (χ2v) is 4.75. The second kappa shape index (κ2) is 6.41. The molecule has 0 unspecified atom stereocenters. The van der Waals surface area contributed by atoms with Crippen LogP contribution in [0, 0.1) is 5.92 Å². The Morgan fingerprint density at radius 2 is 1.88 bits per heavy atom. The summed E-state index contributed by atoms with van der Waals surface area (Å²) in [6.45, 7) is 6.08. The number of carbonyl (C=O) groups is 2. The number of likely N-dealkylation sites (tertiary alicyclic amines) is 1. The Kier molecular flexibility index (Phi) is 5.90. The van der Waals surface area contributed by atoms with Crippen LogP contribution in [0.2, 0.25) is 0 Å². The monoisotopic (exact) mass is 247 g/mol. The van der Waals surface area contributed by atoms with Crippen molar-refractivity contribution in [2.24, 2.45) is 17.6 Å². The molecule has 7 heteroatoms. The molecule has 1 heterocycles. The minimum Gasteiger partial charge on any atom is -0.481 e. The number of rotatable bonds is 1. The van der Waals surface area contributed by atoms with Gasteiger partial charge in [-0.25, -0.2) is 4.79 Å². The molecule has 1 saturated heterocycles. The maximum Gasteiger partial charge on any atom is 0.410 e. The van der Waals surface area contributed by atoms with Crippen LogP contribution in [0.1, 0.15) is 27.2 Å². The Balaban J connectivity index is 0.00000121. The third-order valence-corrected chi connectivity index (χ3v) is 2.19. The largest absolute Gasteiger partial charge is 0.481 e. The van der Waals surface area contributed by atoms with Gasteiger partial charge in [0.25, 0.3) is 0 Å². The van der Waals surface area contributed by atoms with Gasteiger partial charge in [0.2, 0.25) is 0 Å². The summed E-state index contributed by atoms with van der Waals surface area (Å²) in [5.74, 6) is 6.71. The number of amides is 1. The van der Waals surface area contributed by atoms with E-state index in [1.807, 2.05) is 0 Å². The zero-order valence-corrected chi connectivity index (χ0v) is 10.5. The highest BCUT2D eigenvalue weighted by molar-refractivity contribution is 5.74. The molecule has 1 aliphatic heterocycles. The van der Waals surface area contributed by atoms with E-state index in [0.29, 0.717) is 13.0 Å². The summed E-state index contributed by atoms with van der Waals surface area (Å²) >= 11 is 0. The molecule has 1 aliphatic rings. The summed E-state index contributed by atoms with van der Waals surface area (Å²) in [5, 5.41) is 8.77. The highest BCUT2D eigenvalue weighted by Crippen LogP contribution is 2.19. The van der Waals surface area contributed by atoms with E-state index in [0.717, 1.165) is 0 Å². The number of nitrogens with two attached hydrogens (primary N) is 2. The molecule has 1 rings (SSSR count). The summed E-state index contributed by atoms with van der Waals surface area (Å²) in [6.07, 6.45) is 0.0837. The topological polar surface area (TPSA) is 119 Å². The van der Waals surface area contributed by atoms with Gasteiger partial charge in [-0.2, -0.15) is 0 Å². The minimum atomic E-state index is -0.846. The van der Waals surface area contributed by atoms with E-state index in [1.165, 1.54) is 4.90 Å². The van der Waals surface area contributed by atoms with Crippen LogP contribution in [-0.2, 0) is 9.53 Å². The van der Waals surface area contributed by atoms with E-state index in [4.69, 9.17) is 9.84 Å². The van der Waals surface area contributed by atoms with Gasteiger partial charge in [-0.1, -0.05) is 0 Å². The first kappa shape index (κ1) is 15.7. The van der Waals surface area contributed by atoms with Crippen LogP contribution < -0.4 is 11.7 Å². The van der Waals surface area contributed by atoms with E-state index in [1.54, 1.807) is 20.8 Å². The molecule has 0 aromatic rings. The first-order valence-electron chi connectivity index (χ1n) is 5.33. The van der Waals surface area contributed by atoms with Crippen molar-refractivity contribution in [2.45, 2.75) is 32.8 Å². The molecule has 1 atom stereocenters. The third-order valence-electron chi connectivity index (χ3n) is 2.19. The predicted molar refractivity (Wildman–Crippen MR) is 61.9 cm³/mol. The maximum atomic E-state index is 11.5. The molecule has 17 heavy (non-hydrogen) atoms. The van der Waals surface area contributed by atoms with Crippen molar-refractivity contribution >= 4 is 12.1 Å². The average Bonchev–Trinajstić information content (AvgIpc) is 2.67. The van der Waals surface area contributed by atoms with Gasteiger partial charge in [-0.05, 0) is 27.2 Å². The Bertz CT molecular complexity index is 275. The van der Waals surface area contributed by atoms with Gasteiger partial charge in [0.05, 0.1) is 5.92 Å². The molecule has 7 nitrogen and oxygen atoms in total. The number of carbonyl (C=O) groups excluding carboxylic acids is 1. The molecule has 0 spiro atoms. The molecular weight excluding hydrogens is 226 g/mol. The minimum absolute atomic E-state index is 0.254. The number of aliphatic carboxylic acids is 1. The molecule has 0 saturated carbocycles. The summed E-state index contributed by atoms with van der Waals surface area (Å²) in [7, 11) is 0. The van der Waals surface area contributed by atoms with Crippen molar-refractivity contribution in [1.29, 1.82) is 0 Å². The van der Waals surface area contributed by atoms with Crippen LogP contribution >= 0.6 is 0 Å². The lowest BCUT2D eigenvalue weighted by Crippen LogP contribution is -2.35. The first-order valence-corrected chi connectivity index (χ1v) is 5.33. The van der Waals surface area contributed by atoms with E-state index in [9.17, 15) is 9.59 Å². The number of hydrogen-bond donors (Lipinski definition) is 3. The van der Waals surface area contributed by atoms with Crippen molar-refractivity contribution in [3.8, 4) is 0 Å². The van der Waals surface area contributed by atoms with E-state index >= 15 is 0 Å². The number of hydrogen-bond acceptors (Lipinski definition) is 5. The van der Waals surface area contributed by atoms with Crippen molar-refractivity contribution in [2.75, 3.05) is 13.1 Å². The predicted octanol–water partition coefficient (Wildman–Crippen LogP) is 0.147. The van der Waals surface area contributed by atoms with Crippen LogP contribution in [-0.4, -0.2) is 40.8 Å². The van der Waals surface area contributed by atoms with E-state index in [-0.39, 0.29) is 6.54 Å². The Hall–Kier alpha value is -1.34. The quantitative estimate of drug-likeness (QED) is 0.448. The molecule has 1 fully saturated rings. The molecule has 0 bridgehead atoms. The zero-order chi connectivity index (χ0) is 13.6. The summed E-state index contributed by atoms with van der Waals surface area (Å²) in [6, 6.07) is 0. The Morgan fingerprint density at radius 1 is 1.35 bits per heavy atom. The van der Waals surface area contributed by atoms with E-state index in [2.05, 4.69) is 11.7 Å². The number of carboxylic acid groups (broad SMARTS) is 1.